The molecule has 6 nitrogen and oxygen atoms in total. The van der Waals surface area contributed by atoms with E-state index in [4.69, 9.17) is 11.6 Å². The smallest absolute Gasteiger partial charge is 0.270 e. The number of benzene rings is 1. The van der Waals surface area contributed by atoms with E-state index in [-0.39, 0.29) is 17.7 Å². The molecule has 3 heterocycles. The lowest BCUT2D eigenvalue weighted by molar-refractivity contribution is -0.126. The van der Waals surface area contributed by atoms with Crippen LogP contribution in [0.25, 0.3) is 10.9 Å². The Kier molecular flexibility index (Phi) is 7.74. The van der Waals surface area contributed by atoms with E-state index in [2.05, 4.69) is 15.2 Å². The van der Waals surface area contributed by atoms with Crippen molar-refractivity contribution in [1.29, 1.82) is 0 Å². The molecule has 1 aromatic heterocycles. The summed E-state index contributed by atoms with van der Waals surface area (Å²) in [6.07, 6.45) is 6.70. The lowest BCUT2D eigenvalue weighted by Gasteiger charge is -2.34. The van der Waals surface area contributed by atoms with E-state index >= 15 is 0 Å². The maximum Gasteiger partial charge on any atom is 0.270 e. The number of aromatic nitrogens is 1. The number of hydrogen-bond donors (Lipinski definition) is 2. The highest BCUT2D eigenvalue weighted by molar-refractivity contribution is 6.31. The van der Waals surface area contributed by atoms with Crippen molar-refractivity contribution in [3.8, 4) is 0 Å². The maximum absolute atomic E-state index is 12.9. The third-order valence-corrected chi connectivity index (χ3v) is 7.39. The first-order valence-electron chi connectivity index (χ1n) is 12.1. The van der Waals surface area contributed by atoms with E-state index in [9.17, 15) is 9.59 Å². The number of piperidine rings is 2. The van der Waals surface area contributed by atoms with Crippen LogP contribution < -0.4 is 5.32 Å². The summed E-state index contributed by atoms with van der Waals surface area (Å²) in [5.74, 6) is 0.478. The van der Waals surface area contributed by atoms with Crippen LogP contribution in [0.1, 0.15) is 55.9 Å². The van der Waals surface area contributed by atoms with Gasteiger partial charge in [-0.25, -0.2) is 0 Å². The van der Waals surface area contributed by atoms with E-state index in [0.717, 1.165) is 43.3 Å². The molecule has 2 aliphatic heterocycles. The number of hydrogen-bond acceptors (Lipinski definition) is 3. The molecule has 174 valence electrons. The van der Waals surface area contributed by atoms with Gasteiger partial charge in [-0.3, -0.25) is 9.59 Å². The van der Waals surface area contributed by atoms with Crippen LogP contribution in [0, 0.1) is 11.8 Å². The van der Waals surface area contributed by atoms with Crippen molar-refractivity contribution >= 4 is 34.3 Å². The third kappa shape index (κ3) is 5.65. The number of likely N-dealkylation sites (tertiary alicyclic amines) is 2. The summed E-state index contributed by atoms with van der Waals surface area (Å²) in [6.45, 7) is 7.64. The van der Waals surface area contributed by atoms with Crippen molar-refractivity contribution in [1.82, 2.24) is 20.1 Å². The van der Waals surface area contributed by atoms with Gasteiger partial charge >= 0.3 is 0 Å². The first kappa shape index (κ1) is 23.1. The molecule has 2 fully saturated rings. The zero-order valence-corrected chi connectivity index (χ0v) is 19.8. The molecule has 0 saturated carbocycles. The molecule has 0 aliphatic carbocycles. The maximum atomic E-state index is 12.9. The molecule has 32 heavy (non-hydrogen) atoms. The second kappa shape index (κ2) is 10.7. The lowest BCUT2D eigenvalue weighted by Crippen LogP contribution is -2.43. The molecule has 1 aromatic carbocycles. The number of carbonyl (C=O) groups excluding carboxylic acids is 2. The summed E-state index contributed by atoms with van der Waals surface area (Å²) in [7, 11) is 0. The van der Waals surface area contributed by atoms with E-state index in [0.29, 0.717) is 29.7 Å². The number of rotatable bonds is 7. The molecule has 0 bridgehead atoms. The van der Waals surface area contributed by atoms with Crippen LogP contribution in [0.15, 0.2) is 24.3 Å². The van der Waals surface area contributed by atoms with Crippen molar-refractivity contribution in [3.63, 3.8) is 0 Å². The topological polar surface area (TPSA) is 68.4 Å². The van der Waals surface area contributed by atoms with Crippen LogP contribution in [-0.2, 0) is 4.79 Å². The zero-order valence-electron chi connectivity index (χ0n) is 19.0. The number of nitrogens with zero attached hydrogens (tertiary/aromatic N) is 2. The monoisotopic (exact) mass is 458 g/mol. The molecule has 2 saturated heterocycles. The van der Waals surface area contributed by atoms with Crippen molar-refractivity contribution in [3.05, 3.63) is 35.0 Å². The second-order valence-electron chi connectivity index (χ2n) is 9.38. The molecule has 2 aromatic rings. The Morgan fingerprint density at radius 3 is 2.62 bits per heavy atom. The predicted molar refractivity (Wildman–Crippen MR) is 129 cm³/mol. The highest BCUT2D eigenvalue weighted by Gasteiger charge is 2.30. The van der Waals surface area contributed by atoms with Crippen LogP contribution in [-0.4, -0.2) is 65.9 Å². The Morgan fingerprint density at radius 1 is 1.12 bits per heavy atom. The van der Waals surface area contributed by atoms with Crippen molar-refractivity contribution in [2.45, 2.75) is 45.4 Å². The molecule has 0 radical (unpaired) electrons. The van der Waals surface area contributed by atoms with Crippen LogP contribution in [0.2, 0.25) is 5.02 Å². The van der Waals surface area contributed by atoms with Crippen molar-refractivity contribution < 1.29 is 9.59 Å². The molecule has 2 amide bonds. The van der Waals surface area contributed by atoms with Gasteiger partial charge in [0.2, 0.25) is 5.91 Å². The Bertz CT molecular complexity index is 929. The van der Waals surface area contributed by atoms with Crippen LogP contribution in [0.5, 0.6) is 0 Å². The number of amides is 2. The van der Waals surface area contributed by atoms with Gasteiger partial charge in [-0.15, -0.1) is 0 Å². The SMILES string of the molecule is C[C@@H](C(=O)NCCCN1CCCCC1)C1CCN(C(=O)c2cc3cc(Cl)ccc3[nH]2)CC1. The summed E-state index contributed by atoms with van der Waals surface area (Å²) in [5.41, 5.74) is 1.51. The van der Waals surface area contributed by atoms with E-state index in [1.165, 1.54) is 32.4 Å². The number of H-pyrrole nitrogens is 1. The molecule has 2 aliphatic rings. The zero-order chi connectivity index (χ0) is 22.5. The summed E-state index contributed by atoms with van der Waals surface area (Å²) >= 11 is 6.06. The highest BCUT2D eigenvalue weighted by Crippen LogP contribution is 2.27. The number of halogens is 1. The normalized spacial score (nSPS) is 19.2. The van der Waals surface area contributed by atoms with Gasteiger partial charge in [0.05, 0.1) is 0 Å². The minimum absolute atomic E-state index is 0.0162. The summed E-state index contributed by atoms with van der Waals surface area (Å²) in [6, 6.07) is 7.45. The number of aromatic amines is 1. The van der Waals surface area contributed by atoms with Gasteiger partial charge in [0.25, 0.3) is 5.91 Å². The first-order chi connectivity index (χ1) is 15.5. The minimum Gasteiger partial charge on any atom is -0.356 e. The number of fused-ring (bicyclic) bond motifs is 1. The van der Waals surface area contributed by atoms with Gasteiger partial charge in [-0.05, 0) is 81.9 Å². The van der Waals surface area contributed by atoms with Gasteiger partial charge in [0.1, 0.15) is 5.69 Å². The van der Waals surface area contributed by atoms with Gasteiger partial charge in [-0.1, -0.05) is 24.9 Å². The first-order valence-corrected chi connectivity index (χ1v) is 12.5. The van der Waals surface area contributed by atoms with E-state index < -0.39 is 0 Å². The molecule has 0 unspecified atom stereocenters. The van der Waals surface area contributed by atoms with Gasteiger partial charge in [0, 0.05) is 41.5 Å². The molecule has 1 atom stereocenters. The molecule has 4 rings (SSSR count). The van der Waals surface area contributed by atoms with E-state index in [1.54, 1.807) is 0 Å². The summed E-state index contributed by atoms with van der Waals surface area (Å²) in [4.78, 5) is 33.2. The fraction of sp³-hybridized carbons (Fsp3) is 0.600. The molecular weight excluding hydrogens is 424 g/mol. The average Bonchev–Trinajstić information content (AvgIpc) is 3.24. The Morgan fingerprint density at radius 2 is 1.88 bits per heavy atom. The third-order valence-electron chi connectivity index (χ3n) is 7.16. The molecular formula is C25H35ClN4O2. The quantitative estimate of drug-likeness (QED) is 0.608. The molecule has 7 heteroatoms. The lowest BCUT2D eigenvalue weighted by atomic mass is 9.84. The molecule has 2 N–H and O–H groups in total. The van der Waals surface area contributed by atoms with Crippen LogP contribution in [0.3, 0.4) is 0 Å². The Labute approximate surface area is 195 Å². The fourth-order valence-electron chi connectivity index (χ4n) is 5.06. The van der Waals surface area contributed by atoms with E-state index in [1.807, 2.05) is 36.1 Å². The second-order valence-corrected chi connectivity index (χ2v) is 9.82. The standard InChI is InChI=1S/C25H35ClN4O2/c1-18(24(31)27-10-5-13-29-11-3-2-4-12-29)19-8-14-30(15-9-19)25(32)23-17-20-16-21(26)6-7-22(20)28-23/h6-7,16-19,28H,2-5,8-15H2,1H3,(H,27,31)/t18-/m1/s1. The number of nitrogens with one attached hydrogen (secondary N) is 2. The largest absolute Gasteiger partial charge is 0.356 e. The van der Waals surface area contributed by atoms with Crippen molar-refractivity contribution in [2.75, 3.05) is 39.3 Å². The summed E-state index contributed by atoms with van der Waals surface area (Å²) in [5, 5.41) is 4.74. The van der Waals surface area contributed by atoms with Gasteiger partial charge in [0.15, 0.2) is 0 Å². The Balaban J connectivity index is 1.20. The summed E-state index contributed by atoms with van der Waals surface area (Å²) < 4.78 is 0. The van der Waals surface area contributed by atoms with Crippen LogP contribution >= 0.6 is 11.6 Å². The van der Waals surface area contributed by atoms with Gasteiger partial charge in [-0.2, -0.15) is 0 Å². The predicted octanol–water partition coefficient (Wildman–Crippen LogP) is 4.30. The highest BCUT2D eigenvalue weighted by atomic mass is 35.5. The van der Waals surface area contributed by atoms with Gasteiger partial charge < -0.3 is 20.1 Å². The van der Waals surface area contributed by atoms with Crippen LogP contribution in [0.4, 0.5) is 0 Å². The van der Waals surface area contributed by atoms with Crippen molar-refractivity contribution in [2.24, 2.45) is 11.8 Å². The molecule has 0 spiro atoms. The Hall–Kier alpha value is -2.05. The average molecular weight is 459 g/mol. The minimum atomic E-state index is -0.0162. The fourth-order valence-corrected chi connectivity index (χ4v) is 5.24. The number of carbonyl (C=O) groups is 2.